The highest BCUT2D eigenvalue weighted by Crippen LogP contribution is 2.28. The van der Waals surface area contributed by atoms with Crippen LogP contribution in [0.3, 0.4) is 0 Å². The fourth-order valence-electron chi connectivity index (χ4n) is 3.36. The minimum atomic E-state index is -0.118. The summed E-state index contributed by atoms with van der Waals surface area (Å²) in [6.07, 6.45) is 0. The number of anilines is 2. The molecule has 4 rings (SSSR count). The molecule has 9 heteroatoms. The van der Waals surface area contributed by atoms with Crippen LogP contribution in [0.4, 0.5) is 11.4 Å². The van der Waals surface area contributed by atoms with Gasteiger partial charge in [-0.3, -0.25) is 4.79 Å². The van der Waals surface area contributed by atoms with Crippen molar-refractivity contribution in [2.24, 2.45) is 0 Å². The summed E-state index contributed by atoms with van der Waals surface area (Å²) < 4.78 is 10.9. The summed E-state index contributed by atoms with van der Waals surface area (Å²) >= 11 is 1.21. The Bertz CT molecular complexity index is 1030. The van der Waals surface area contributed by atoms with Crippen molar-refractivity contribution in [2.45, 2.75) is 5.22 Å². The average molecular weight is 440 g/mol. The Kier molecular flexibility index (Phi) is 6.73. The van der Waals surface area contributed by atoms with E-state index in [0.29, 0.717) is 16.9 Å². The van der Waals surface area contributed by atoms with Gasteiger partial charge in [-0.25, -0.2) is 0 Å². The maximum absolute atomic E-state index is 12.6. The van der Waals surface area contributed by atoms with Crippen molar-refractivity contribution >= 4 is 29.0 Å². The number of amides is 1. The highest BCUT2D eigenvalue weighted by atomic mass is 32.2. The molecule has 1 N–H and O–H groups in total. The fourth-order valence-corrected chi connectivity index (χ4v) is 3.92. The van der Waals surface area contributed by atoms with Crippen LogP contribution in [0.2, 0.25) is 0 Å². The van der Waals surface area contributed by atoms with Gasteiger partial charge in [-0.1, -0.05) is 30.0 Å². The molecule has 0 atom stereocenters. The normalized spacial score (nSPS) is 14.5. The Morgan fingerprint density at radius 2 is 1.94 bits per heavy atom. The first-order chi connectivity index (χ1) is 15.1. The number of piperazine rings is 1. The Labute approximate surface area is 185 Å². The number of methoxy groups -OCH3 is 1. The lowest BCUT2D eigenvalue weighted by atomic mass is 10.2. The minimum absolute atomic E-state index is 0.118. The van der Waals surface area contributed by atoms with Crippen molar-refractivity contribution in [1.82, 2.24) is 15.1 Å². The average Bonchev–Trinajstić information content (AvgIpc) is 3.28. The lowest BCUT2D eigenvalue weighted by Gasteiger charge is -2.35. The van der Waals surface area contributed by atoms with Gasteiger partial charge >= 0.3 is 0 Å². The topological polar surface area (TPSA) is 83.7 Å². The van der Waals surface area contributed by atoms with E-state index in [1.807, 2.05) is 48.5 Å². The number of para-hydroxylation sites is 2. The number of nitrogens with zero attached hydrogens (tertiary/aromatic N) is 4. The van der Waals surface area contributed by atoms with Gasteiger partial charge in [0.1, 0.15) is 5.75 Å². The van der Waals surface area contributed by atoms with Gasteiger partial charge in [0.25, 0.3) is 5.22 Å². The SMILES string of the molecule is COc1cccc(-c2nnc(SCC(=O)Nc3ccccc3N3CCN(C)CC3)o2)c1. The van der Waals surface area contributed by atoms with Crippen LogP contribution in [-0.2, 0) is 4.79 Å². The molecule has 0 unspecified atom stereocenters. The molecule has 162 valence electrons. The molecule has 3 aromatic rings. The third-order valence-electron chi connectivity index (χ3n) is 5.07. The molecular weight excluding hydrogens is 414 g/mol. The molecule has 0 spiro atoms. The van der Waals surface area contributed by atoms with E-state index in [-0.39, 0.29) is 11.7 Å². The summed E-state index contributed by atoms with van der Waals surface area (Å²) in [4.78, 5) is 17.2. The summed E-state index contributed by atoms with van der Waals surface area (Å²) in [5.74, 6) is 1.16. The summed E-state index contributed by atoms with van der Waals surface area (Å²) in [6.45, 7) is 3.89. The minimum Gasteiger partial charge on any atom is -0.497 e. The van der Waals surface area contributed by atoms with Crippen molar-refractivity contribution in [3.63, 3.8) is 0 Å². The van der Waals surface area contributed by atoms with E-state index in [1.54, 1.807) is 7.11 Å². The molecule has 0 saturated carbocycles. The van der Waals surface area contributed by atoms with Crippen LogP contribution in [0.5, 0.6) is 5.75 Å². The molecule has 1 fully saturated rings. The van der Waals surface area contributed by atoms with E-state index in [0.717, 1.165) is 43.1 Å². The number of rotatable bonds is 7. The zero-order valence-corrected chi connectivity index (χ0v) is 18.4. The lowest BCUT2D eigenvalue weighted by Crippen LogP contribution is -2.44. The molecule has 1 aliphatic heterocycles. The number of nitrogens with one attached hydrogen (secondary N) is 1. The van der Waals surface area contributed by atoms with Crippen LogP contribution in [0.1, 0.15) is 0 Å². The van der Waals surface area contributed by atoms with Crippen molar-refractivity contribution < 1.29 is 13.9 Å². The number of carbonyl (C=O) groups is 1. The van der Waals surface area contributed by atoms with Gasteiger partial charge in [0.05, 0.1) is 24.2 Å². The first-order valence-corrected chi connectivity index (χ1v) is 11.0. The third kappa shape index (κ3) is 5.36. The molecule has 0 bridgehead atoms. The number of benzene rings is 2. The van der Waals surface area contributed by atoms with Gasteiger partial charge in [0.15, 0.2) is 0 Å². The molecule has 2 aromatic carbocycles. The molecule has 1 aliphatic rings. The Hall–Kier alpha value is -3.04. The second kappa shape index (κ2) is 9.84. The van der Waals surface area contributed by atoms with Crippen LogP contribution in [0.15, 0.2) is 58.2 Å². The Morgan fingerprint density at radius 3 is 2.74 bits per heavy atom. The van der Waals surface area contributed by atoms with E-state index in [1.165, 1.54) is 11.8 Å². The number of carbonyl (C=O) groups excluding carboxylic acids is 1. The molecule has 2 heterocycles. The fraction of sp³-hybridized carbons (Fsp3) is 0.318. The second-order valence-electron chi connectivity index (χ2n) is 7.25. The van der Waals surface area contributed by atoms with E-state index in [9.17, 15) is 4.79 Å². The number of aromatic nitrogens is 2. The quantitative estimate of drug-likeness (QED) is 0.562. The van der Waals surface area contributed by atoms with Crippen molar-refractivity contribution in [3.05, 3.63) is 48.5 Å². The van der Waals surface area contributed by atoms with Crippen LogP contribution < -0.4 is 15.0 Å². The Balaban J connectivity index is 1.36. The molecule has 1 amide bonds. The van der Waals surface area contributed by atoms with Crippen LogP contribution >= 0.6 is 11.8 Å². The van der Waals surface area contributed by atoms with Gasteiger partial charge < -0.3 is 24.3 Å². The van der Waals surface area contributed by atoms with E-state index in [4.69, 9.17) is 9.15 Å². The lowest BCUT2D eigenvalue weighted by molar-refractivity contribution is -0.113. The van der Waals surface area contributed by atoms with Gasteiger partial charge in [-0.2, -0.15) is 0 Å². The van der Waals surface area contributed by atoms with Crippen LogP contribution in [0, 0.1) is 0 Å². The molecule has 8 nitrogen and oxygen atoms in total. The first-order valence-electron chi connectivity index (χ1n) is 10.1. The summed E-state index contributed by atoms with van der Waals surface area (Å²) in [5.41, 5.74) is 2.64. The van der Waals surface area contributed by atoms with Crippen LogP contribution in [0.25, 0.3) is 11.5 Å². The molecule has 31 heavy (non-hydrogen) atoms. The Morgan fingerprint density at radius 1 is 1.13 bits per heavy atom. The van der Waals surface area contributed by atoms with E-state index in [2.05, 4.69) is 32.4 Å². The highest BCUT2D eigenvalue weighted by molar-refractivity contribution is 7.99. The summed E-state index contributed by atoms with van der Waals surface area (Å²) in [5, 5.41) is 11.5. The number of likely N-dealkylation sites (N-methyl/N-ethyl adjacent to an activating group) is 1. The van der Waals surface area contributed by atoms with Crippen molar-refractivity contribution in [1.29, 1.82) is 0 Å². The largest absolute Gasteiger partial charge is 0.497 e. The van der Waals surface area contributed by atoms with E-state index >= 15 is 0 Å². The maximum Gasteiger partial charge on any atom is 0.277 e. The molecule has 1 aromatic heterocycles. The molecular formula is C22H25N5O3S. The van der Waals surface area contributed by atoms with Crippen LogP contribution in [-0.4, -0.2) is 67.1 Å². The van der Waals surface area contributed by atoms with Gasteiger partial charge in [-0.05, 0) is 37.4 Å². The second-order valence-corrected chi connectivity index (χ2v) is 8.18. The van der Waals surface area contributed by atoms with E-state index < -0.39 is 0 Å². The van der Waals surface area contributed by atoms with Gasteiger partial charge in [0, 0.05) is 31.7 Å². The number of ether oxygens (including phenoxy) is 1. The predicted molar refractivity (Wildman–Crippen MR) is 122 cm³/mol. The van der Waals surface area contributed by atoms with Gasteiger partial charge in [0.2, 0.25) is 11.8 Å². The third-order valence-corrected chi connectivity index (χ3v) is 5.89. The molecule has 0 radical (unpaired) electrons. The first kappa shape index (κ1) is 21.2. The zero-order chi connectivity index (χ0) is 21.6. The monoisotopic (exact) mass is 439 g/mol. The maximum atomic E-state index is 12.6. The smallest absolute Gasteiger partial charge is 0.277 e. The summed E-state index contributed by atoms with van der Waals surface area (Å²) in [7, 11) is 3.73. The highest BCUT2D eigenvalue weighted by Gasteiger charge is 2.18. The van der Waals surface area contributed by atoms with Gasteiger partial charge in [-0.15, -0.1) is 10.2 Å². The number of hydrogen-bond donors (Lipinski definition) is 1. The van der Waals surface area contributed by atoms with Crippen molar-refractivity contribution in [3.8, 4) is 17.2 Å². The zero-order valence-electron chi connectivity index (χ0n) is 17.6. The number of thioether (sulfide) groups is 1. The summed E-state index contributed by atoms with van der Waals surface area (Å²) in [6, 6.07) is 15.3. The molecule has 0 aliphatic carbocycles. The predicted octanol–water partition coefficient (Wildman–Crippen LogP) is 3.23. The molecule has 1 saturated heterocycles. The number of hydrogen-bond acceptors (Lipinski definition) is 8. The standard InChI is InChI=1S/C22H25N5O3S/c1-26-10-12-27(13-11-26)19-9-4-3-8-18(19)23-20(28)15-31-22-25-24-21(30-22)16-6-5-7-17(14-16)29-2/h3-9,14H,10-13,15H2,1-2H3,(H,23,28). The van der Waals surface area contributed by atoms with Crippen molar-refractivity contribution in [2.75, 3.05) is 56.3 Å².